The molecule has 1 rings (SSSR count). The first-order chi connectivity index (χ1) is 5.06. The molecule has 0 amide bonds. The molecule has 1 aliphatic rings. The van der Waals surface area contributed by atoms with Crippen LogP contribution in [-0.2, 0) is 0 Å². The van der Waals surface area contributed by atoms with Crippen molar-refractivity contribution in [2.45, 2.75) is 0 Å². The van der Waals surface area contributed by atoms with Crippen LogP contribution in [0.1, 0.15) is 0 Å². The van der Waals surface area contributed by atoms with Crippen LogP contribution in [0.2, 0.25) is 0 Å². The highest BCUT2D eigenvalue weighted by atomic mass is 15.4. The van der Waals surface area contributed by atoms with Gasteiger partial charge in [-0.1, -0.05) is 0 Å². The molecule has 0 unspecified atom stereocenters. The molecule has 2 nitrogen and oxygen atoms in total. The van der Waals surface area contributed by atoms with E-state index in [9.17, 15) is 0 Å². The lowest BCUT2D eigenvalue weighted by molar-refractivity contribution is -0.909. The maximum absolute atomic E-state index is 3.83. The highest BCUT2D eigenvalue weighted by molar-refractivity contribution is 4.74. The SMILES string of the molecule is C=C[N+]1(C)CC(CN(C)C)C1. The highest BCUT2D eigenvalue weighted by Crippen LogP contribution is 2.23. The molecule has 0 saturated carbocycles. The summed E-state index contributed by atoms with van der Waals surface area (Å²) < 4.78 is 1.05. The van der Waals surface area contributed by atoms with Gasteiger partial charge in [0.05, 0.1) is 32.3 Å². The average Bonchev–Trinajstić information content (AvgIpc) is 1.83. The normalized spacial score (nSPS) is 36.9. The minimum Gasteiger partial charge on any atom is -0.309 e. The van der Waals surface area contributed by atoms with E-state index in [1.54, 1.807) is 0 Å². The predicted molar refractivity (Wildman–Crippen MR) is 48.2 cm³/mol. The van der Waals surface area contributed by atoms with Crippen LogP contribution in [-0.4, -0.2) is 50.2 Å². The summed E-state index contributed by atoms with van der Waals surface area (Å²) in [4.78, 5) is 2.26. The molecule has 64 valence electrons. The predicted octanol–water partition coefficient (Wildman–Crippen LogP) is 0.768. The zero-order valence-corrected chi connectivity index (χ0v) is 7.88. The average molecular weight is 155 g/mol. The Labute approximate surface area is 69.7 Å². The summed E-state index contributed by atoms with van der Waals surface area (Å²) in [6, 6.07) is 0. The number of hydrogen-bond donors (Lipinski definition) is 0. The minimum absolute atomic E-state index is 0.882. The van der Waals surface area contributed by atoms with E-state index in [2.05, 4.69) is 32.6 Å². The Morgan fingerprint density at radius 1 is 1.55 bits per heavy atom. The third-order valence-electron chi connectivity index (χ3n) is 2.41. The minimum atomic E-state index is 0.882. The van der Waals surface area contributed by atoms with Crippen LogP contribution in [0.25, 0.3) is 0 Å². The van der Waals surface area contributed by atoms with Crippen molar-refractivity contribution in [1.82, 2.24) is 4.90 Å². The largest absolute Gasteiger partial charge is 0.309 e. The molecule has 1 aliphatic heterocycles. The fourth-order valence-electron chi connectivity index (χ4n) is 1.91. The first-order valence-electron chi connectivity index (χ1n) is 4.18. The number of rotatable bonds is 3. The fraction of sp³-hybridized carbons (Fsp3) is 0.778. The van der Waals surface area contributed by atoms with Crippen LogP contribution < -0.4 is 0 Å². The van der Waals surface area contributed by atoms with Gasteiger partial charge in [0.15, 0.2) is 0 Å². The zero-order valence-electron chi connectivity index (χ0n) is 7.88. The molecule has 0 aliphatic carbocycles. The molecule has 0 radical (unpaired) electrons. The van der Waals surface area contributed by atoms with Crippen LogP contribution in [0, 0.1) is 5.92 Å². The summed E-state index contributed by atoms with van der Waals surface area (Å²) in [5.74, 6) is 0.882. The molecule has 0 aromatic carbocycles. The van der Waals surface area contributed by atoms with Gasteiger partial charge < -0.3 is 4.90 Å². The molecule has 2 heteroatoms. The first kappa shape index (κ1) is 8.75. The van der Waals surface area contributed by atoms with Crippen molar-refractivity contribution in [3.05, 3.63) is 12.8 Å². The van der Waals surface area contributed by atoms with Crippen molar-refractivity contribution in [3.63, 3.8) is 0 Å². The fourth-order valence-corrected chi connectivity index (χ4v) is 1.91. The van der Waals surface area contributed by atoms with Crippen molar-refractivity contribution < 1.29 is 4.48 Å². The lowest BCUT2D eigenvalue weighted by Gasteiger charge is -2.45. The third kappa shape index (κ3) is 2.04. The first-order valence-corrected chi connectivity index (χ1v) is 4.18. The van der Waals surface area contributed by atoms with Gasteiger partial charge in [-0.3, -0.25) is 4.48 Å². The molecule has 11 heavy (non-hydrogen) atoms. The molecule has 0 N–H and O–H groups in total. The topological polar surface area (TPSA) is 3.24 Å². The van der Waals surface area contributed by atoms with E-state index in [1.165, 1.54) is 19.6 Å². The molecule has 0 bridgehead atoms. The smallest absolute Gasteiger partial charge is 0.0922 e. The Hall–Kier alpha value is -0.340. The van der Waals surface area contributed by atoms with Gasteiger partial charge in [-0.05, 0) is 20.7 Å². The van der Waals surface area contributed by atoms with E-state index in [0.29, 0.717) is 0 Å². The van der Waals surface area contributed by atoms with Gasteiger partial charge in [-0.15, -0.1) is 0 Å². The van der Waals surface area contributed by atoms with E-state index < -0.39 is 0 Å². The Kier molecular flexibility index (Phi) is 2.35. The number of quaternary nitrogens is 1. The maximum Gasteiger partial charge on any atom is 0.0922 e. The van der Waals surface area contributed by atoms with Crippen LogP contribution in [0.5, 0.6) is 0 Å². The quantitative estimate of drug-likeness (QED) is 0.544. The summed E-state index contributed by atoms with van der Waals surface area (Å²) in [7, 11) is 6.51. The standard InChI is InChI=1S/C9H19N2/c1-5-11(4)7-9(8-11)6-10(2)3/h5,9H,1,6-8H2,2-4H3/q+1. The van der Waals surface area contributed by atoms with Gasteiger partial charge in [-0.2, -0.15) is 0 Å². The second-order valence-electron chi connectivity index (χ2n) is 4.16. The molecule has 0 aromatic rings. The highest BCUT2D eigenvalue weighted by Gasteiger charge is 2.38. The van der Waals surface area contributed by atoms with Crippen LogP contribution >= 0.6 is 0 Å². The Morgan fingerprint density at radius 3 is 2.45 bits per heavy atom. The molecule has 1 heterocycles. The second-order valence-corrected chi connectivity index (χ2v) is 4.16. The van der Waals surface area contributed by atoms with Crippen molar-refractivity contribution >= 4 is 0 Å². The van der Waals surface area contributed by atoms with Crippen LogP contribution in [0.4, 0.5) is 0 Å². The number of hydrogen-bond acceptors (Lipinski definition) is 1. The Bertz CT molecular complexity index is 146. The van der Waals surface area contributed by atoms with Crippen molar-refractivity contribution in [2.75, 3.05) is 40.8 Å². The van der Waals surface area contributed by atoms with Crippen molar-refractivity contribution in [3.8, 4) is 0 Å². The monoisotopic (exact) mass is 155 g/mol. The lowest BCUT2D eigenvalue weighted by Crippen LogP contribution is -2.59. The van der Waals surface area contributed by atoms with Crippen LogP contribution in [0.3, 0.4) is 0 Å². The molecule has 0 spiro atoms. The van der Waals surface area contributed by atoms with E-state index in [0.717, 1.165) is 10.4 Å². The Morgan fingerprint density at radius 2 is 2.09 bits per heavy atom. The zero-order chi connectivity index (χ0) is 8.48. The molecule has 0 atom stereocenters. The second kappa shape index (κ2) is 2.95. The van der Waals surface area contributed by atoms with Gasteiger partial charge in [0, 0.05) is 6.54 Å². The van der Waals surface area contributed by atoms with Gasteiger partial charge in [0.25, 0.3) is 0 Å². The summed E-state index contributed by atoms with van der Waals surface area (Å²) in [5, 5.41) is 0. The van der Waals surface area contributed by atoms with Gasteiger partial charge in [-0.25, -0.2) is 0 Å². The number of nitrogens with zero attached hydrogens (tertiary/aromatic N) is 2. The maximum atomic E-state index is 3.83. The lowest BCUT2D eigenvalue weighted by atomic mass is 9.97. The van der Waals surface area contributed by atoms with E-state index in [4.69, 9.17) is 0 Å². The van der Waals surface area contributed by atoms with Gasteiger partial charge in [0.1, 0.15) is 0 Å². The summed E-state index contributed by atoms with van der Waals surface area (Å²) in [5.41, 5.74) is 0. The van der Waals surface area contributed by atoms with Gasteiger partial charge >= 0.3 is 0 Å². The summed E-state index contributed by atoms with van der Waals surface area (Å²) in [6.07, 6.45) is 2.05. The van der Waals surface area contributed by atoms with E-state index in [1.807, 2.05) is 6.20 Å². The van der Waals surface area contributed by atoms with Crippen molar-refractivity contribution in [2.24, 2.45) is 5.92 Å². The van der Waals surface area contributed by atoms with E-state index >= 15 is 0 Å². The molecule has 1 fully saturated rings. The van der Waals surface area contributed by atoms with Crippen molar-refractivity contribution in [1.29, 1.82) is 0 Å². The molecular weight excluding hydrogens is 136 g/mol. The third-order valence-corrected chi connectivity index (χ3v) is 2.41. The molecule has 1 saturated heterocycles. The summed E-state index contributed by atoms with van der Waals surface area (Å²) >= 11 is 0. The molecular formula is C9H19N2+. The van der Waals surface area contributed by atoms with E-state index in [-0.39, 0.29) is 0 Å². The van der Waals surface area contributed by atoms with Gasteiger partial charge in [0.2, 0.25) is 0 Å². The Balaban J connectivity index is 2.23. The summed E-state index contributed by atoms with van der Waals surface area (Å²) in [6.45, 7) is 7.58. The molecule has 0 aromatic heterocycles. The number of likely N-dealkylation sites (tertiary alicyclic amines) is 1. The van der Waals surface area contributed by atoms with Crippen LogP contribution in [0.15, 0.2) is 12.8 Å².